The summed E-state index contributed by atoms with van der Waals surface area (Å²) in [5.41, 5.74) is 5.24. The minimum Gasteiger partial charge on any atom is -0.244 e. The highest BCUT2D eigenvalue weighted by Gasteiger charge is 2.28. The van der Waals surface area contributed by atoms with Gasteiger partial charge in [0.25, 0.3) is 0 Å². The Morgan fingerprint density at radius 1 is 0.800 bits per heavy atom. The van der Waals surface area contributed by atoms with Gasteiger partial charge < -0.3 is 0 Å². The molecular formula is C14H12N+. The van der Waals surface area contributed by atoms with E-state index in [1.54, 1.807) is 0 Å². The first-order valence-electron chi connectivity index (χ1n) is 5.10. The summed E-state index contributed by atoms with van der Waals surface area (Å²) in [6.45, 7) is 3.90. The molecule has 72 valence electrons. The van der Waals surface area contributed by atoms with Gasteiger partial charge in [-0.3, -0.25) is 0 Å². The van der Waals surface area contributed by atoms with Crippen LogP contribution in [0.3, 0.4) is 0 Å². The van der Waals surface area contributed by atoms with E-state index in [1.807, 2.05) is 6.20 Å². The number of nitrogens with one attached hydrogen (secondary N) is 1. The topological polar surface area (TPSA) is 4.44 Å². The van der Waals surface area contributed by atoms with Crippen LogP contribution in [-0.4, -0.2) is 0 Å². The Balaban J connectivity index is 2.35. The minimum atomic E-state index is 1.25. The number of benzene rings is 2. The van der Waals surface area contributed by atoms with Gasteiger partial charge in [-0.05, 0) is 18.7 Å². The molecule has 1 heteroatoms. The zero-order chi connectivity index (χ0) is 10.3. The number of para-hydroxylation sites is 2. The van der Waals surface area contributed by atoms with Crippen LogP contribution >= 0.6 is 0 Å². The van der Waals surface area contributed by atoms with Crippen LogP contribution in [-0.2, 0) is 0 Å². The number of hydrogen-bond donors (Lipinski definition) is 1. The molecule has 15 heavy (non-hydrogen) atoms. The molecule has 0 radical (unpaired) electrons. The molecule has 0 aliphatic carbocycles. The third-order valence-electron chi connectivity index (χ3n) is 2.93. The maximum atomic E-state index is 3.90. The molecule has 0 atom stereocenters. The molecule has 0 fully saturated rings. The summed E-state index contributed by atoms with van der Waals surface area (Å²) in [4.78, 5) is 1.25. The summed E-state index contributed by atoms with van der Waals surface area (Å²) < 4.78 is 0. The van der Waals surface area contributed by atoms with Gasteiger partial charge in [-0.1, -0.05) is 24.3 Å². The molecule has 0 bridgehead atoms. The zero-order valence-corrected chi connectivity index (χ0v) is 8.40. The van der Waals surface area contributed by atoms with Crippen molar-refractivity contribution in [3.05, 3.63) is 61.3 Å². The molecule has 2 aromatic rings. The Hall–Kier alpha value is -1.86. The van der Waals surface area contributed by atoms with E-state index >= 15 is 0 Å². The Morgan fingerprint density at radius 3 is 1.73 bits per heavy atom. The quantitative estimate of drug-likeness (QED) is 0.712. The summed E-state index contributed by atoms with van der Waals surface area (Å²) in [7, 11) is 0. The van der Waals surface area contributed by atoms with E-state index in [0.717, 1.165) is 0 Å². The summed E-state index contributed by atoms with van der Waals surface area (Å²) in [6.07, 6.45) is 1.95. The Bertz CT molecular complexity index is 483. The van der Waals surface area contributed by atoms with Crippen molar-refractivity contribution in [2.24, 2.45) is 0 Å². The van der Waals surface area contributed by atoms with Crippen LogP contribution in [0, 0.1) is 0 Å². The monoisotopic (exact) mass is 194 g/mol. The molecule has 0 spiro atoms. The van der Waals surface area contributed by atoms with Crippen molar-refractivity contribution in [1.82, 2.24) is 0 Å². The lowest BCUT2D eigenvalue weighted by Gasteiger charge is -2.06. The number of fused-ring (bicyclic) bond motifs is 3. The predicted molar refractivity (Wildman–Crippen MR) is 62.4 cm³/mol. The zero-order valence-electron chi connectivity index (χ0n) is 8.40. The van der Waals surface area contributed by atoms with Crippen molar-refractivity contribution in [1.29, 1.82) is 0 Å². The summed E-state index contributed by atoms with van der Waals surface area (Å²) in [5, 5.41) is 0. The van der Waals surface area contributed by atoms with Crippen molar-refractivity contribution >= 4 is 11.4 Å². The fraction of sp³-hybridized carbons (Fsp3) is 0. The van der Waals surface area contributed by atoms with E-state index in [2.05, 4.69) is 55.1 Å². The molecule has 0 saturated heterocycles. The Kier molecular flexibility index (Phi) is 1.73. The lowest BCUT2D eigenvalue weighted by molar-refractivity contribution is -0.692. The maximum absolute atomic E-state index is 3.90. The van der Waals surface area contributed by atoms with Crippen LogP contribution in [0.15, 0.2) is 61.3 Å². The van der Waals surface area contributed by atoms with Crippen LogP contribution in [0.25, 0.3) is 11.1 Å². The van der Waals surface area contributed by atoms with Gasteiger partial charge in [-0.2, -0.15) is 0 Å². The molecule has 1 aliphatic heterocycles. The second kappa shape index (κ2) is 3.07. The average molecular weight is 194 g/mol. The Labute approximate surface area is 89.3 Å². The molecule has 0 amide bonds. The average Bonchev–Trinajstić information content (AvgIpc) is 2.63. The third-order valence-corrected chi connectivity index (χ3v) is 2.93. The smallest absolute Gasteiger partial charge is 0.149 e. The van der Waals surface area contributed by atoms with E-state index in [0.29, 0.717) is 0 Å². The fourth-order valence-corrected chi connectivity index (χ4v) is 2.27. The van der Waals surface area contributed by atoms with Crippen LogP contribution in [0.4, 0.5) is 11.4 Å². The third kappa shape index (κ3) is 1.07. The van der Waals surface area contributed by atoms with Crippen molar-refractivity contribution < 1.29 is 4.90 Å². The summed E-state index contributed by atoms with van der Waals surface area (Å²) in [5.74, 6) is 0. The van der Waals surface area contributed by atoms with E-state index in [-0.39, 0.29) is 0 Å². The van der Waals surface area contributed by atoms with Crippen molar-refractivity contribution in [2.75, 3.05) is 0 Å². The number of rotatable bonds is 1. The van der Waals surface area contributed by atoms with Crippen LogP contribution in [0.1, 0.15) is 0 Å². The predicted octanol–water partition coefficient (Wildman–Crippen LogP) is 2.66. The molecule has 1 nitrogen and oxygen atoms in total. The molecule has 0 unspecified atom stereocenters. The van der Waals surface area contributed by atoms with Crippen LogP contribution in [0.2, 0.25) is 0 Å². The van der Waals surface area contributed by atoms with Crippen molar-refractivity contribution in [3.8, 4) is 11.1 Å². The van der Waals surface area contributed by atoms with Gasteiger partial charge >= 0.3 is 0 Å². The highest BCUT2D eigenvalue weighted by molar-refractivity contribution is 5.85. The van der Waals surface area contributed by atoms with Gasteiger partial charge in [0.05, 0.1) is 6.20 Å². The highest BCUT2D eigenvalue weighted by Crippen LogP contribution is 2.36. The largest absolute Gasteiger partial charge is 0.244 e. The number of quaternary nitrogens is 1. The molecular weight excluding hydrogens is 182 g/mol. The fourth-order valence-electron chi connectivity index (χ4n) is 2.27. The molecule has 1 N–H and O–H groups in total. The van der Waals surface area contributed by atoms with E-state index in [4.69, 9.17) is 0 Å². The highest BCUT2D eigenvalue weighted by atomic mass is 15.1. The first-order chi connectivity index (χ1) is 7.42. The van der Waals surface area contributed by atoms with Crippen LogP contribution in [0.5, 0.6) is 0 Å². The first-order valence-corrected chi connectivity index (χ1v) is 5.10. The van der Waals surface area contributed by atoms with Gasteiger partial charge in [0.15, 0.2) is 0 Å². The van der Waals surface area contributed by atoms with Crippen molar-refractivity contribution in [2.45, 2.75) is 0 Å². The summed E-state index contributed by atoms with van der Waals surface area (Å²) >= 11 is 0. The van der Waals surface area contributed by atoms with Gasteiger partial charge in [-0.15, -0.1) is 0 Å². The van der Waals surface area contributed by atoms with Crippen LogP contribution < -0.4 is 4.90 Å². The second-order valence-electron chi connectivity index (χ2n) is 3.71. The normalized spacial score (nSPS) is 13.3. The minimum absolute atomic E-state index is 1.25. The molecule has 1 heterocycles. The Morgan fingerprint density at radius 2 is 1.27 bits per heavy atom. The van der Waals surface area contributed by atoms with E-state index < -0.39 is 0 Å². The molecule has 0 aromatic heterocycles. The lowest BCUT2D eigenvalue weighted by atomic mass is 10.1. The molecule has 3 rings (SSSR count). The first kappa shape index (κ1) is 8.45. The molecule has 1 aliphatic rings. The summed E-state index contributed by atoms with van der Waals surface area (Å²) in [6, 6.07) is 17.0. The standard InChI is InChI=1S/C14H11N/c1-2-15-13-9-5-3-7-11(13)12-8-4-6-10-14(12)15/h2-10H,1H2/p+1. The van der Waals surface area contributed by atoms with E-state index in [9.17, 15) is 0 Å². The maximum Gasteiger partial charge on any atom is 0.149 e. The molecule has 2 aromatic carbocycles. The van der Waals surface area contributed by atoms with Gasteiger partial charge in [0.2, 0.25) is 0 Å². The van der Waals surface area contributed by atoms with E-state index in [1.165, 1.54) is 27.4 Å². The van der Waals surface area contributed by atoms with Crippen molar-refractivity contribution in [3.63, 3.8) is 0 Å². The van der Waals surface area contributed by atoms with Gasteiger partial charge in [0, 0.05) is 23.3 Å². The van der Waals surface area contributed by atoms with Gasteiger partial charge in [0.1, 0.15) is 11.4 Å². The SMILES string of the molecule is C=C[NH+]1c2ccccc2-c2ccccc21. The second-order valence-corrected chi connectivity index (χ2v) is 3.71. The lowest BCUT2D eigenvalue weighted by Crippen LogP contribution is -2.95. The van der Waals surface area contributed by atoms with Gasteiger partial charge in [-0.25, -0.2) is 4.90 Å². The molecule has 0 saturated carbocycles. The number of hydrogen-bond acceptors (Lipinski definition) is 0.